The number of hydrogen-bond acceptors (Lipinski definition) is 7. The second kappa shape index (κ2) is 5.80. The fourth-order valence-corrected chi connectivity index (χ4v) is 1.29. The lowest BCUT2D eigenvalue weighted by Crippen LogP contribution is -2.14. The van der Waals surface area contributed by atoms with E-state index in [2.05, 4.69) is 26.0 Å². The third-order valence-electron chi connectivity index (χ3n) is 2.05. The summed E-state index contributed by atoms with van der Waals surface area (Å²) in [5, 5.41) is 16.8. The average molecular weight is 263 g/mol. The normalized spacial score (nSPS) is 10.0. The lowest BCUT2D eigenvalue weighted by Gasteiger charge is -2.04. The van der Waals surface area contributed by atoms with Crippen LogP contribution in [0.25, 0.3) is 0 Å². The van der Waals surface area contributed by atoms with E-state index in [0.717, 1.165) is 0 Å². The highest BCUT2D eigenvalue weighted by Gasteiger charge is 2.05. The molecular formula is C11H13N5O3. The summed E-state index contributed by atoms with van der Waals surface area (Å²) in [4.78, 5) is 11.2. The van der Waals surface area contributed by atoms with Gasteiger partial charge in [0.05, 0.1) is 6.61 Å². The van der Waals surface area contributed by atoms with E-state index in [1.54, 1.807) is 32.0 Å². The van der Waals surface area contributed by atoms with Gasteiger partial charge in [0.15, 0.2) is 17.5 Å². The fourth-order valence-electron chi connectivity index (χ4n) is 1.29. The number of ether oxygens (including phenoxy) is 1. The molecule has 0 aliphatic heterocycles. The molecule has 2 heterocycles. The van der Waals surface area contributed by atoms with E-state index in [-0.39, 0.29) is 0 Å². The van der Waals surface area contributed by atoms with Gasteiger partial charge in [-0.3, -0.25) is 5.32 Å². The minimum absolute atomic E-state index is 0.296. The van der Waals surface area contributed by atoms with Crippen LogP contribution in [0.3, 0.4) is 0 Å². The van der Waals surface area contributed by atoms with Crippen LogP contribution in [0.5, 0.6) is 0 Å². The van der Waals surface area contributed by atoms with Crippen LogP contribution in [0.2, 0.25) is 0 Å². The molecular weight excluding hydrogens is 250 g/mol. The zero-order chi connectivity index (χ0) is 13.7. The Morgan fingerprint density at radius 3 is 2.63 bits per heavy atom. The highest BCUT2D eigenvalue weighted by atomic mass is 16.5. The van der Waals surface area contributed by atoms with Crippen LogP contribution in [-0.4, -0.2) is 28.1 Å². The molecule has 0 aromatic carbocycles. The molecule has 0 aliphatic rings. The van der Waals surface area contributed by atoms with Gasteiger partial charge in [-0.15, -0.1) is 10.2 Å². The van der Waals surface area contributed by atoms with Crippen LogP contribution in [0.1, 0.15) is 12.7 Å². The molecule has 1 amide bonds. The van der Waals surface area contributed by atoms with Crippen molar-refractivity contribution >= 4 is 23.5 Å². The Labute approximate surface area is 109 Å². The van der Waals surface area contributed by atoms with Gasteiger partial charge in [0.2, 0.25) is 0 Å². The molecule has 2 N–H and O–H groups in total. The first-order valence-corrected chi connectivity index (χ1v) is 5.65. The molecule has 0 atom stereocenters. The summed E-state index contributed by atoms with van der Waals surface area (Å²) >= 11 is 0. The van der Waals surface area contributed by atoms with E-state index in [9.17, 15) is 4.79 Å². The number of carbonyl (C=O) groups is 1. The number of aryl methyl sites for hydroxylation is 1. The number of rotatable bonds is 4. The second-order valence-electron chi connectivity index (χ2n) is 3.60. The second-order valence-corrected chi connectivity index (χ2v) is 3.60. The van der Waals surface area contributed by atoms with Crippen molar-refractivity contribution in [3.8, 4) is 0 Å². The van der Waals surface area contributed by atoms with Gasteiger partial charge < -0.3 is 14.6 Å². The molecule has 0 bridgehead atoms. The quantitative estimate of drug-likeness (QED) is 0.870. The number of nitrogens with zero attached hydrogens (tertiary/aromatic N) is 3. The molecule has 0 fully saturated rings. The number of amides is 1. The molecule has 8 nitrogen and oxygen atoms in total. The van der Waals surface area contributed by atoms with E-state index in [1.807, 2.05) is 0 Å². The number of nitrogens with one attached hydrogen (secondary N) is 2. The van der Waals surface area contributed by atoms with E-state index in [1.165, 1.54) is 0 Å². The summed E-state index contributed by atoms with van der Waals surface area (Å²) < 4.78 is 9.62. The van der Waals surface area contributed by atoms with E-state index in [4.69, 9.17) is 9.26 Å². The Bertz CT molecular complexity index is 552. The third kappa shape index (κ3) is 3.66. The molecule has 0 unspecified atom stereocenters. The Morgan fingerprint density at radius 2 is 2.05 bits per heavy atom. The Morgan fingerprint density at radius 1 is 1.32 bits per heavy atom. The van der Waals surface area contributed by atoms with Crippen molar-refractivity contribution in [2.45, 2.75) is 13.8 Å². The van der Waals surface area contributed by atoms with Gasteiger partial charge in [0.1, 0.15) is 5.76 Å². The molecule has 2 rings (SSSR count). The minimum atomic E-state index is -0.565. The first-order chi connectivity index (χ1) is 9.17. The van der Waals surface area contributed by atoms with Gasteiger partial charge >= 0.3 is 6.09 Å². The number of aromatic nitrogens is 3. The molecule has 0 saturated carbocycles. The summed E-state index contributed by atoms with van der Waals surface area (Å²) in [6, 6.07) is 4.98. The van der Waals surface area contributed by atoms with Crippen molar-refractivity contribution in [1.29, 1.82) is 0 Å². The van der Waals surface area contributed by atoms with Crippen molar-refractivity contribution in [3.05, 3.63) is 24.0 Å². The maximum atomic E-state index is 11.2. The van der Waals surface area contributed by atoms with Crippen LogP contribution in [-0.2, 0) is 4.74 Å². The van der Waals surface area contributed by atoms with E-state index < -0.39 is 6.09 Å². The molecule has 0 spiro atoms. The molecule has 0 aliphatic carbocycles. The topological polar surface area (TPSA) is 102 Å². The molecule has 2 aromatic rings. The average Bonchev–Trinajstić information content (AvgIpc) is 2.78. The summed E-state index contributed by atoms with van der Waals surface area (Å²) in [5.41, 5.74) is 0. The van der Waals surface area contributed by atoms with Gasteiger partial charge in [0.25, 0.3) is 0 Å². The van der Waals surface area contributed by atoms with Crippen LogP contribution in [0, 0.1) is 6.92 Å². The number of carbonyl (C=O) groups excluding carboxylic acids is 1. The Balaban J connectivity index is 1.96. The first-order valence-electron chi connectivity index (χ1n) is 5.65. The lowest BCUT2D eigenvalue weighted by molar-refractivity contribution is 0.168. The van der Waals surface area contributed by atoms with Crippen LogP contribution in [0.15, 0.2) is 22.7 Å². The van der Waals surface area contributed by atoms with Gasteiger partial charge in [-0.05, 0) is 26.0 Å². The van der Waals surface area contributed by atoms with Crippen molar-refractivity contribution < 1.29 is 14.1 Å². The summed E-state index contributed by atoms with van der Waals surface area (Å²) in [6.07, 6.45) is -0.565. The van der Waals surface area contributed by atoms with Crippen LogP contribution < -0.4 is 10.6 Å². The van der Waals surface area contributed by atoms with E-state index in [0.29, 0.717) is 29.8 Å². The highest BCUT2D eigenvalue weighted by Crippen LogP contribution is 2.14. The maximum Gasteiger partial charge on any atom is 0.412 e. The Hall–Kier alpha value is -2.64. The van der Waals surface area contributed by atoms with Crippen LogP contribution in [0.4, 0.5) is 22.2 Å². The molecule has 0 radical (unpaired) electrons. The molecule has 2 aromatic heterocycles. The molecule has 8 heteroatoms. The van der Waals surface area contributed by atoms with Crippen molar-refractivity contribution in [2.24, 2.45) is 0 Å². The predicted octanol–water partition coefficient (Wildman–Crippen LogP) is 2.09. The van der Waals surface area contributed by atoms with E-state index >= 15 is 0 Å². The van der Waals surface area contributed by atoms with Crippen molar-refractivity contribution in [3.63, 3.8) is 0 Å². The lowest BCUT2D eigenvalue weighted by atomic mass is 10.4. The fraction of sp³-hybridized carbons (Fsp3) is 0.273. The van der Waals surface area contributed by atoms with Gasteiger partial charge in [-0.2, -0.15) is 0 Å². The largest absolute Gasteiger partial charge is 0.450 e. The van der Waals surface area contributed by atoms with Gasteiger partial charge in [0, 0.05) is 6.07 Å². The SMILES string of the molecule is CCOC(=O)Nc1ccc(Nc2cc(C)on2)nn1. The smallest absolute Gasteiger partial charge is 0.412 e. The van der Waals surface area contributed by atoms with Crippen LogP contribution >= 0.6 is 0 Å². The minimum Gasteiger partial charge on any atom is -0.450 e. The first kappa shape index (κ1) is 12.8. The summed E-state index contributed by atoms with van der Waals surface area (Å²) in [7, 11) is 0. The zero-order valence-electron chi connectivity index (χ0n) is 10.5. The number of anilines is 3. The Kier molecular flexibility index (Phi) is 3.91. The standard InChI is InChI=1S/C11H13N5O3/c1-3-18-11(17)13-9-5-4-8(14-15-9)12-10-6-7(2)19-16-10/h4-6H,3H2,1-2H3,(H,12,14,16)(H,13,15,17). The van der Waals surface area contributed by atoms with Crippen molar-refractivity contribution in [1.82, 2.24) is 15.4 Å². The van der Waals surface area contributed by atoms with Gasteiger partial charge in [-0.25, -0.2) is 4.79 Å². The molecule has 0 saturated heterocycles. The summed E-state index contributed by atoms with van der Waals surface area (Å²) in [6.45, 7) is 3.80. The molecule has 100 valence electrons. The van der Waals surface area contributed by atoms with Gasteiger partial charge in [-0.1, -0.05) is 5.16 Å². The monoisotopic (exact) mass is 263 g/mol. The number of hydrogen-bond donors (Lipinski definition) is 2. The summed E-state index contributed by atoms with van der Waals surface area (Å²) in [5.74, 6) is 2.03. The maximum absolute atomic E-state index is 11.2. The van der Waals surface area contributed by atoms with Crippen molar-refractivity contribution in [2.75, 3.05) is 17.2 Å². The highest BCUT2D eigenvalue weighted by molar-refractivity contribution is 5.83. The zero-order valence-corrected chi connectivity index (χ0v) is 10.5. The third-order valence-corrected chi connectivity index (χ3v) is 2.05. The molecule has 19 heavy (non-hydrogen) atoms. The predicted molar refractivity (Wildman–Crippen MR) is 67.2 cm³/mol.